The van der Waals surface area contributed by atoms with E-state index in [2.05, 4.69) is 0 Å². The van der Waals surface area contributed by atoms with Gasteiger partial charge in [-0.1, -0.05) is 23.2 Å². The average Bonchev–Trinajstić information content (AvgIpc) is 1.59. The predicted octanol–water partition coefficient (Wildman–Crippen LogP) is 0.557. The summed E-state index contributed by atoms with van der Waals surface area (Å²) in [6.07, 6.45) is -29.4. The summed E-state index contributed by atoms with van der Waals surface area (Å²) < 4.78 is 147. The van der Waals surface area contributed by atoms with Crippen LogP contribution in [-0.2, 0) is 109 Å². The highest BCUT2D eigenvalue weighted by Crippen LogP contribution is 2.53. The average molecular weight is 1350 g/mol. The molecule has 0 aliphatic carbocycles. The van der Waals surface area contributed by atoms with Gasteiger partial charge < -0.3 is 144 Å². The Labute approximate surface area is 535 Å². The number of carbonyl (C=O) groups is 1. The van der Waals surface area contributed by atoms with E-state index >= 15 is 0 Å². The number of aliphatic hydroxyl groups is 5. The summed E-state index contributed by atoms with van der Waals surface area (Å²) in [5.74, 6) is -5.16. The molecule has 0 amide bonds. The quantitative estimate of drug-likeness (QED) is 0.109. The molecule has 1 aromatic rings. The smallest absolute Gasteiger partial charge is 0.342 e. The first-order valence-corrected chi connectivity index (χ1v) is 31.1. The number of aromatic hydroxyl groups is 1. The maximum absolute atomic E-state index is 13.5. The van der Waals surface area contributed by atoms with E-state index < -0.39 is 201 Å². The fourth-order valence-corrected chi connectivity index (χ4v) is 14.8. The molecule has 31 atom stereocenters. The van der Waals surface area contributed by atoms with Gasteiger partial charge in [-0.05, 0) is 54.0 Å². The van der Waals surface area contributed by atoms with E-state index in [1.54, 1.807) is 41.5 Å². The SMILES string of the molecule is COC[C@H]1O[C@@H](O[C@@H]2OC[C@@H]3O[C@@]4(OC[C@@](O)([C@H](C)OC)[C@@H]5OCO[C@H]54)O[C@H]3[C@H]2OC)[C@@H](OC)[C@@H](O)[C@@H]1O[C@@H]1O[C@H](C)[C@H](OC)[C@H](O[C@H]2C[C@@]3(C)O[C@@]4(C[C@H](O)[C@H](O[C@H]5C[C@@H](O)[C@H](OC(=O)c6c(C)c(Cl)c(O)c(Cl)c6OC)[C@@H](C)O5)[C@@H](C)O4)O[C@H]3[C@@H](C)O2)[C@H]1O. The number of methoxy groups -OCH3 is 6. The molecule has 11 rings (SSSR count). The normalized spacial score (nSPS) is 48.5. The highest BCUT2D eigenvalue weighted by atomic mass is 35.5. The third-order valence-electron chi connectivity index (χ3n) is 19.0. The van der Waals surface area contributed by atoms with Gasteiger partial charge in [0.25, 0.3) is 5.97 Å². The molecule has 10 saturated heterocycles. The molecule has 0 saturated carbocycles. The molecule has 6 N–H and O–H groups in total. The van der Waals surface area contributed by atoms with E-state index in [0.29, 0.717) is 0 Å². The van der Waals surface area contributed by atoms with Crippen LogP contribution in [0.25, 0.3) is 0 Å². The Kier molecular flexibility index (Phi) is 21.3. The number of fused-ring (bicyclic) bond motifs is 4. The Hall–Kier alpha value is -2.21. The minimum atomic E-state index is -1.81. The lowest BCUT2D eigenvalue weighted by Gasteiger charge is -2.49. The molecule has 2 spiro atoms. The van der Waals surface area contributed by atoms with Gasteiger partial charge in [0.1, 0.15) is 108 Å². The number of carbonyl (C=O) groups excluding carboxylic acids is 1. The second-order valence-electron chi connectivity index (χ2n) is 24.9. The van der Waals surface area contributed by atoms with Gasteiger partial charge in [-0.2, -0.15) is 0 Å². The first-order valence-electron chi connectivity index (χ1n) is 30.4. The summed E-state index contributed by atoms with van der Waals surface area (Å²) in [6.45, 7) is 11.0. The maximum Gasteiger partial charge on any atom is 0.342 e. The Morgan fingerprint density at radius 1 is 0.670 bits per heavy atom. The van der Waals surface area contributed by atoms with Crippen molar-refractivity contribution < 1.29 is 149 Å². The third kappa shape index (κ3) is 12.8. The summed E-state index contributed by atoms with van der Waals surface area (Å²) in [6, 6.07) is 0. The second kappa shape index (κ2) is 27.6. The zero-order valence-corrected chi connectivity index (χ0v) is 54.2. The standard InChI is InChI=1S/C58H86Cl2O31/c1-21-33(44(71-11)35(60)36(63)34(21)59)51(66)84-39-22(2)78-31(14-27(39)61)82-40-24(4)87-57(15-28(40)62)90-48-25(5)79-32(16-55(48,7)91-57)83-45-38(65)52(80-23(3)41(45)70-10)85-42-29(17-68-8)81-54(46(72-12)37(42)64)86-53-47(73-13)43-30(18-74-53)88-58(89-43)50-49(75-20-76-50)56(67,19-77-58)26(6)69-9/h22-32,37-43,45-50,52-54,61-65,67H,14-20H2,1-13H3/t22-,23-,24-,25-,26+,27-,28+,29-,30+,31+,32+,37+,38-,39-,40-,41+,42-,43-,45-,46+,47-,48+,49-,50-,52+,53+,54+,55-,56-,57-,58-/m1/s1. The number of phenolic OH excluding ortho intramolecular Hbond substituents is 1. The topological polar surface area (TPSA) is 360 Å². The summed E-state index contributed by atoms with van der Waals surface area (Å²) in [7, 11) is 8.37. The number of hydrogen-bond donors (Lipinski definition) is 6. The molecule has 0 radical (unpaired) electrons. The lowest BCUT2D eigenvalue weighted by Crippen LogP contribution is -2.69. The molecule has 10 fully saturated rings. The van der Waals surface area contributed by atoms with Crippen LogP contribution in [0.2, 0.25) is 10.0 Å². The Balaban J connectivity index is 0.704. The van der Waals surface area contributed by atoms with E-state index in [9.17, 15) is 35.4 Å². The monoisotopic (exact) mass is 1350 g/mol. The van der Waals surface area contributed by atoms with Crippen molar-refractivity contribution in [2.24, 2.45) is 0 Å². The van der Waals surface area contributed by atoms with E-state index in [0.717, 1.165) is 0 Å². The van der Waals surface area contributed by atoms with Gasteiger partial charge >= 0.3 is 11.9 Å². The molecule has 91 heavy (non-hydrogen) atoms. The minimum Gasteiger partial charge on any atom is -0.505 e. The van der Waals surface area contributed by atoms with Gasteiger partial charge in [0.2, 0.25) is 0 Å². The highest BCUT2D eigenvalue weighted by molar-refractivity contribution is 6.39. The van der Waals surface area contributed by atoms with Gasteiger partial charge in [0.05, 0.1) is 81.1 Å². The second-order valence-corrected chi connectivity index (χ2v) is 25.6. The van der Waals surface area contributed by atoms with Crippen LogP contribution in [0.1, 0.15) is 76.7 Å². The number of hydrogen-bond acceptors (Lipinski definition) is 31. The Bertz CT molecular complexity index is 2660. The number of phenols is 1. The van der Waals surface area contributed by atoms with Crippen LogP contribution in [0.3, 0.4) is 0 Å². The van der Waals surface area contributed by atoms with E-state index in [-0.39, 0.29) is 72.8 Å². The number of rotatable bonds is 18. The van der Waals surface area contributed by atoms with E-state index in [1.165, 1.54) is 49.6 Å². The summed E-state index contributed by atoms with van der Waals surface area (Å²) in [5, 5.41) is 69.0. The fourth-order valence-electron chi connectivity index (χ4n) is 14.3. The third-order valence-corrected chi connectivity index (χ3v) is 19.8. The molecule has 518 valence electrons. The summed E-state index contributed by atoms with van der Waals surface area (Å²) >= 11 is 12.5. The van der Waals surface area contributed by atoms with Crippen LogP contribution in [0, 0.1) is 6.92 Å². The van der Waals surface area contributed by atoms with Crippen LogP contribution in [0.15, 0.2) is 0 Å². The van der Waals surface area contributed by atoms with Gasteiger partial charge in [-0.25, -0.2) is 4.79 Å². The summed E-state index contributed by atoms with van der Waals surface area (Å²) in [4.78, 5) is 13.5. The van der Waals surface area contributed by atoms with E-state index in [4.69, 9.17) is 137 Å². The van der Waals surface area contributed by atoms with Crippen molar-refractivity contribution in [1.82, 2.24) is 0 Å². The summed E-state index contributed by atoms with van der Waals surface area (Å²) in [5.41, 5.74) is -2.76. The molecule has 1 aromatic carbocycles. The van der Waals surface area contributed by atoms with Crippen LogP contribution >= 0.6 is 23.2 Å². The molecule has 10 heterocycles. The lowest BCUT2D eigenvalue weighted by molar-refractivity contribution is -0.422. The Morgan fingerprint density at radius 3 is 2.03 bits per heavy atom. The Morgan fingerprint density at radius 2 is 1.36 bits per heavy atom. The molecular weight excluding hydrogens is 1260 g/mol. The molecule has 0 bridgehead atoms. The van der Waals surface area contributed by atoms with Gasteiger partial charge in [-0.15, -0.1) is 0 Å². The van der Waals surface area contributed by atoms with Crippen molar-refractivity contribution in [3.8, 4) is 11.5 Å². The number of esters is 1. The largest absolute Gasteiger partial charge is 0.505 e. The maximum atomic E-state index is 13.5. The predicted molar refractivity (Wildman–Crippen MR) is 300 cm³/mol. The van der Waals surface area contributed by atoms with Gasteiger partial charge in [0, 0.05) is 48.4 Å². The van der Waals surface area contributed by atoms with Crippen LogP contribution in [0.4, 0.5) is 0 Å². The number of aliphatic hydroxyl groups excluding tert-OH is 4. The van der Waals surface area contributed by atoms with E-state index in [1.807, 2.05) is 0 Å². The number of halogens is 2. The zero-order valence-electron chi connectivity index (χ0n) is 52.7. The highest BCUT2D eigenvalue weighted by Gasteiger charge is 2.71. The molecule has 0 unspecified atom stereocenters. The van der Waals surface area contributed by atoms with Crippen molar-refractivity contribution in [3.05, 3.63) is 21.2 Å². The minimum absolute atomic E-state index is 0.0311. The van der Waals surface area contributed by atoms with Gasteiger partial charge in [-0.3, -0.25) is 0 Å². The molecule has 10 aliphatic heterocycles. The fraction of sp³-hybridized carbons (Fsp3) is 0.879. The van der Waals surface area contributed by atoms with Crippen molar-refractivity contribution in [1.29, 1.82) is 0 Å². The molecule has 0 aromatic heterocycles. The number of benzene rings is 1. The molecular formula is C58H86Cl2O31. The molecule has 10 aliphatic rings. The number of ether oxygens (including phenoxy) is 24. The van der Waals surface area contributed by atoms with Crippen molar-refractivity contribution in [2.75, 3.05) is 69.3 Å². The molecule has 31 nitrogen and oxygen atoms in total. The van der Waals surface area contributed by atoms with Crippen LogP contribution in [-0.4, -0.2) is 295 Å². The lowest BCUT2D eigenvalue weighted by atomic mass is 9.85. The van der Waals surface area contributed by atoms with Crippen LogP contribution < -0.4 is 4.74 Å². The van der Waals surface area contributed by atoms with Gasteiger partial charge in [0.15, 0.2) is 55.2 Å². The first-order chi connectivity index (χ1) is 43.2. The van der Waals surface area contributed by atoms with Crippen molar-refractivity contribution >= 4 is 29.2 Å². The van der Waals surface area contributed by atoms with Crippen LogP contribution in [0.5, 0.6) is 11.5 Å². The van der Waals surface area contributed by atoms with Crippen molar-refractivity contribution in [2.45, 2.75) is 257 Å². The first kappa shape index (κ1) is 70.1. The molecule has 33 heteroatoms. The zero-order chi connectivity index (χ0) is 65.6. The van der Waals surface area contributed by atoms with Crippen molar-refractivity contribution in [3.63, 3.8) is 0 Å².